The summed E-state index contributed by atoms with van der Waals surface area (Å²) in [6, 6.07) is 0. The average Bonchev–Trinajstić information content (AvgIpc) is 2.82. The maximum atomic E-state index is 11.8. The molecule has 2 amide bonds. The zero-order valence-electron chi connectivity index (χ0n) is 20.1. The Morgan fingerprint density at radius 2 is 1.12 bits per heavy atom. The average molecular weight is 491 g/mol. The minimum absolute atomic E-state index is 0.0998. The minimum Gasteiger partial charge on any atom is -0.358 e. The van der Waals surface area contributed by atoms with Crippen LogP contribution >= 0.6 is 21.6 Å². The van der Waals surface area contributed by atoms with Gasteiger partial charge in [-0.3, -0.25) is 9.59 Å². The Bertz CT molecular complexity index is 638. The van der Waals surface area contributed by atoms with Crippen molar-refractivity contribution in [2.45, 2.75) is 58.3 Å². The molecule has 0 radical (unpaired) electrons. The van der Waals surface area contributed by atoms with E-state index in [1.54, 1.807) is 21.6 Å². The van der Waals surface area contributed by atoms with Crippen molar-refractivity contribution < 1.29 is 9.59 Å². The van der Waals surface area contributed by atoms with Crippen LogP contribution in [0, 0.1) is 0 Å². The van der Waals surface area contributed by atoms with E-state index in [2.05, 4.69) is 90.5 Å². The van der Waals surface area contributed by atoms with Crippen LogP contribution in [0.3, 0.4) is 0 Å². The number of amides is 2. The molecule has 0 unspecified atom stereocenters. The summed E-state index contributed by atoms with van der Waals surface area (Å²) in [5.74, 6) is 1.85. The molecule has 33 heavy (non-hydrogen) atoms. The van der Waals surface area contributed by atoms with Gasteiger partial charge < -0.3 is 10.6 Å². The minimum atomic E-state index is 0.0998. The first-order valence-electron chi connectivity index (χ1n) is 11.9. The van der Waals surface area contributed by atoms with Crippen molar-refractivity contribution in [3.05, 3.63) is 72.9 Å². The molecule has 4 nitrogen and oxygen atoms in total. The monoisotopic (exact) mass is 490 g/mol. The van der Waals surface area contributed by atoms with Crippen molar-refractivity contribution in [2.24, 2.45) is 0 Å². The van der Waals surface area contributed by atoms with Crippen LogP contribution in [0.25, 0.3) is 0 Å². The van der Waals surface area contributed by atoms with Gasteiger partial charge in [0.1, 0.15) is 0 Å². The molecule has 0 saturated carbocycles. The normalized spacial score (nSPS) is 12.4. The van der Waals surface area contributed by atoms with E-state index < -0.39 is 0 Å². The Morgan fingerprint density at radius 1 is 0.667 bits per heavy atom. The highest BCUT2D eigenvalue weighted by Gasteiger charge is 1.98. The van der Waals surface area contributed by atoms with Crippen molar-refractivity contribution in [1.29, 1.82) is 0 Å². The van der Waals surface area contributed by atoms with Gasteiger partial charge in [0.15, 0.2) is 0 Å². The molecule has 2 N–H and O–H groups in total. The van der Waals surface area contributed by atoms with Gasteiger partial charge in [0.2, 0.25) is 12.3 Å². The van der Waals surface area contributed by atoms with E-state index in [1.807, 2.05) is 0 Å². The standard InChI is InChI=1S/C27H42N2O2S2/c1-2-3-4-5-6-7-8-9-10-11-12-13-14-15-16-17-18-19-20-21-27(31)29-23-25-33-32-24-22-28-26-30/h3-4,6-7,9-10,12-13,15-16,18-19,26H,2,5,8,11,14,17,20-25H2,1H3,(H,28,30)(H,29,31). The molecule has 0 aromatic heterocycles. The molecule has 0 atom stereocenters. The molecule has 0 rings (SSSR count). The van der Waals surface area contributed by atoms with E-state index in [4.69, 9.17) is 0 Å². The summed E-state index contributed by atoms with van der Waals surface area (Å²) in [4.78, 5) is 21.9. The van der Waals surface area contributed by atoms with Crippen molar-refractivity contribution in [2.75, 3.05) is 24.6 Å². The Hall–Kier alpha value is -1.92. The van der Waals surface area contributed by atoms with E-state index in [1.165, 1.54) is 0 Å². The molecule has 0 spiro atoms. The lowest BCUT2D eigenvalue weighted by atomic mass is 10.2. The second-order valence-corrected chi connectivity index (χ2v) is 9.72. The molecule has 0 heterocycles. The van der Waals surface area contributed by atoms with Gasteiger partial charge in [0.05, 0.1) is 0 Å². The predicted octanol–water partition coefficient (Wildman–Crippen LogP) is 6.71. The first-order chi connectivity index (χ1) is 16.3. The first kappa shape index (κ1) is 31.1. The van der Waals surface area contributed by atoms with Crippen LogP contribution in [0.15, 0.2) is 72.9 Å². The zero-order chi connectivity index (χ0) is 24.1. The summed E-state index contributed by atoms with van der Waals surface area (Å²) < 4.78 is 0. The second-order valence-electron chi connectivity index (χ2n) is 7.02. The number of carbonyl (C=O) groups excluding carboxylic acids is 2. The van der Waals surface area contributed by atoms with Crippen LogP contribution in [0.5, 0.6) is 0 Å². The lowest BCUT2D eigenvalue weighted by molar-refractivity contribution is -0.120. The quantitative estimate of drug-likeness (QED) is 0.0766. The summed E-state index contributed by atoms with van der Waals surface area (Å²) >= 11 is 0. The van der Waals surface area contributed by atoms with Gasteiger partial charge in [-0.1, -0.05) is 101 Å². The number of allylic oxidation sites excluding steroid dienone is 12. The fourth-order valence-electron chi connectivity index (χ4n) is 2.45. The lowest BCUT2D eigenvalue weighted by Crippen LogP contribution is -2.25. The highest BCUT2D eigenvalue weighted by molar-refractivity contribution is 8.76. The van der Waals surface area contributed by atoms with E-state index in [9.17, 15) is 9.59 Å². The maximum Gasteiger partial charge on any atom is 0.220 e. The molecular weight excluding hydrogens is 448 g/mol. The van der Waals surface area contributed by atoms with Crippen molar-refractivity contribution in [3.8, 4) is 0 Å². The topological polar surface area (TPSA) is 58.2 Å². The third-order valence-corrected chi connectivity index (χ3v) is 6.55. The highest BCUT2D eigenvalue weighted by Crippen LogP contribution is 2.19. The van der Waals surface area contributed by atoms with Crippen LogP contribution < -0.4 is 10.6 Å². The van der Waals surface area contributed by atoms with Crippen molar-refractivity contribution in [1.82, 2.24) is 10.6 Å². The van der Waals surface area contributed by atoms with Gasteiger partial charge in [0, 0.05) is 31.0 Å². The van der Waals surface area contributed by atoms with Crippen LogP contribution in [-0.2, 0) is 9.59 Å². The fourth-order valence-corrected chi connectivity index (χ4v) is 4.28. The van der Waals surface area contributed by atoms with Crippen LogP contribution in [0.1, 0.15) is 58.3 Å². The molecular formula is C27H42N2O2S2. The number of hydrogen-bond acceptors (Lipinski definition) is 4. The summed E-state index contributed by atoms with van der Waals surface area (Å²) in [5, 5.41) is 5.55. The Balaban J connectivity index is 3.51. The molecule has 184 valence electrons. The Kier molecular flexibility index (Phi) is 26.5. The highest BCUT2D eigenvalue weighted by atomic mass is 33.1. The summed E-state index contributed by atoms with van der Waals surface area (Å²) in [6.45, 7) is 3.51. The maximum absolute atomic E-state index is 11.8. The largest absolute Gasteiger partial charge is 0.358 e. The van der Waals surface area contributed by atoms with Gasteiger partial charge in [-0.05, 0) is 44.9 Å². The van der Waals surface area contributed by atoms with Gasteiger partial charge in [-0.2, -0.15) is 0 Å². The number of rotatable bonds is 22. The van der Waals surface area contributed by atoms with E-state index in [0.29, 0.717) is 25.9 Å². The van der Waals surface area contributed by atoms with Crippen LogP contribution in [-0.4, -0.2) is 36.9 Å². The number of nitrogens with one attached hydrogen (secondary N) is 2. The second kappa shape index (κ2) is 28.1. The molecule has 0 saturated heterocycles. The Labute approximate surface area is 209 Å². The molecule has 0 bridgehead atoms. The third-order valence-electron chi connectivity index (χ3n) is 4.14. The molecule has 0 fully saturated rings. The van der Waals surface area contributed by atoms with Gasteiger partial charge in [-0.15, -0.1) is 0 Å². The molecule has 0 aromatic carbocycles. The van der Waals surface area contributed by atoms with Gasteiger partial charge in [0.25, 0.3) is 0 Å². The van der Waals surface area contributed by atoms with Crippen LogP contribution in [0.4, 0.5) is 0 Å². The molecule has 0 aliphatic carbocycles. The summed E-state index contributed by atoms with van der Waals surface area (Å²) in [5.41, 5.74) is 0. The van der Waals surface area contributed by atoms with E-state index in [-0.39, 0.29) is 5.91 Å². The third kappa shape index (κ3) is 28.0. The smallest absolute Gasteiger partial charge is 0.220 e. The summed E-state index contributed by atoms with van der Waals surface area (Å²) in [6.07, 6.45) is 34.2. The van der Waals surface area contributed by atoms with E-state index >= 15 is 0 Å². The summed E-state index contributed by atoms with van der Waals surface area (Å²) in [7, 11) is 3.41. The molecule has 0 aromatic rings. The first-order valence-corrected chi connectivity index (χ1v) is 14.4. The van der Waals surface area contributed by atoms with E-state index in [0.717, 1.165) is 56.5 Å². The zero-order valence-corrected chi connectivity index (χ0v) is 21.8. The van der Waals surface area contributed by atoms with Crippen LogP contribution in [0.2, 0.25) is 0 Å². The molecule has 0 aliphatic heterocycles. The fraction of sp³-hybridized carbons (Fsp3) is 0.481. The van der Waals surface area contributed by atoms with Crippen molar-refractivity contribution >= 4 is 33.9 Å². The molecule has 6 heteroatoms. The van der Waals surface area contributed by atoms with Crippen molar-refractivity contribution in [3.63, 3.8) is 0 Å². The van der Waals surface area contributed by atoms with Gasteiger partial charge in [-0.25, -0.2) is 0 Å². The van der Waals surface area contributed by atoms with Gasteiger partial charge >= 0.3 is 0 Å². The number of hydrogen-bond donors (Lipinski definition) is 2. The number of carbonyl (C=O) groups is 2. The SMILES string of the molecule is CCC=CCC=CCC=CCC=CCC=CCC=CCCC(=O)NCCSSCCNC=O. The Morgan fingerprint density at radius 3 is 1.61 bits per heavy atom. The lowest BCUT2D eigenvalue weighted by Gasteiger charge is -2.03. The predicted molar refractivity (Wildman–Crippen MR) is 149 cm³/mol. The molecule has 0 aliphatic rings.